The lowest BCUT2D eigenvalue weighted by Gasteiger charge is -2.25. The molecule has 100 valence electrons. The molecule has 0 saturated heterocycles. The van der Waals surface area contributed by atoms with Crippen LogP contribution in [0, 0.1) is 0 Å². The Morgan fingerprint density at radius 3 is 2.44 bits per heavy atom. The first-order chi connectivity index (χ1) is 8.90. The van der Waals surface area contributed by atoms with Crippen LogP contribution in [0.2, 0.25) is 0 Å². The number of unbranched alkanes of at least 4 members (excludes halogenated alkanes) is 2. The van der Waals surface area contributed by atoms with E-state index < -0.39 is 0 Å². The summed E-state index contributed by atoms with van der Waals surface area (Å²) < 4.78 is 5.67. The van der Waals surface area contributed by atoms with Gasteiger partial charge in [0.15, 0.2) is 0 Å². The van der Waals surface area contributed by atoms with Gasteiger partial charge < -0.3 is 10.5 Å². The highest BCUT2D eigenvalue weighted by atomic mass is 16.5. The van der Waals surface area contributed by atoms with Gasteiger partial charge in [0.1, 0.15) is 0 Å². The third-order valence-electron chi connectivity index (χ3n) is 3.82. The van der Waals surface area contributed by atoms with E-state index in [1.807, 2.05) is 0 Å². The average molecular weight is 247 g/mol. The van der Waals surface area contributed by atoms with E-state index in [2.05, 4.69) is 24.3 Å². The molecule has 0 unspecified atom stereocenters. The van der Waals surface area contributed by atoms with E-state index in [1.165, 1.54) is 36.8 Å². The third kappa shape index (κ3) is 4.11. The lowest BCUT2D eigenvalue weighted by Crippen LogP contribution is -2.08. The molecule has 0 bridgehead atoms. The second kappa shape index (κ2) is 7.55. The van der Waals surface area contributed by atoms with Crippen molar-refractivity contribution in [2.45, 2.75) is 51.0 Å². The average Bonchev–Trinajstić information content (AvgIpc) is 2.33. The molecular weight excluding hydrogens is 222 g/mol. The van der Waals surface area contributed by atoms with Crippen LogP contribution in [0.4, 0.5) is 0 Å². The van der Waals surface area contributed by atoms with Crippen molar-refractivity contribution in [2.75, 3.05) is 13.2 Å². The highest BCUT2D eigenvalue weighted by Crippen LogP contribution is 2.36. The van der Waals surface area contributed by atoms with Gasteiger partial charge in [0.05, 0.1) is 6.61 Å². The van der Waals surface area contributed by atoms with Crippen LogP contribution in [0.1, 0.15) is 55.6 Å². The molecule has 1 aromatic carbocycles. The summed E-state index contributed by atoms with van der Waals surface area (Å²) in [6.45, 7) is 2.39. The van der Waals surface area contributed by atoms with Gasteiger partial charge in [-0.05, 0) is 55.7 Å². The summed E-state index contributed by atoms with van der Waals surface area (Å²) in [5, 5.41) is 0. The van der Waals surface area contributed by atoms with Gasteiger partial charge in [0, 0.05) is 6.61 Å². The van der Waals surface area contributed by atoms with E-state index in [9.17, 15) is 0 Å². The van der Waals surface area contributed by atoms with Gasteiger partial charge in [-0.1, -0.05) is 30.7 Å². The van der Waals surface area contributed by atoms with Crippen molar-refractivity contribution >= 4 is 0 Å². The summed E-state index contributed by atoms with van der Waals surface area (Å²) >= 11 is 0. The molecule has 2 nitrogen and oxygen atoms in total. The van der Waals surface area contributed by atoms with Crippen molar-refractivity contribution in [1.82, 2.24) is 0 Å². The zero-order valence-corrected chi connectivity index (χ0v) is 11.2. The van der Waals surface area contributed by atoms with Gasteiger partial charge >= 0.3 is 0 Å². The summed E-state index contributed by atoms with van der Waals surface area (Å²) in [7, 11) is 0. The standard InChI is InChI=1S/C16H25NO/c17-11-2-1-3-12-18-13-14-7-9-16(10-8-14)15-5-4-6-15/h7-10,15H,1-6,11-13,17H2. The van der Waals surface area contributed by atoms with Crippen LogP contribution >= 0.6 is 0 Å². The molecule has 1 aliphatic rings. The number of benzene rings is 1. The van der Waals surface area contributed by atoms with Gasteiger partial charge in [-0.15, -0.1) is 0 Å². The van der Waals surface area contributed by atoms with Crippen LogP contribution in [-0.4, -0.2) is 13.2 Å². The smallest absolute Gasteiger partial charge is 0.0716 e. The molecule has 0 spiro atoms. The fourth-order valence-corrected chi connectivity index (χ4v) is 2.34. The molecule has 0 atom stereocenters. The largest absolute Gasteiger partial charge is 0.377 e. The Balaban J connectivity index is 1.63. The Labute approximate surface area is 111 Å². The first kappa shape index (κ1) is 13.6. The highest BCUT2D eigenvalue weighted by Gasteiger charge is 2.18. The quantitative estimate of drug-likeness (QED) is 0.712. The maximum Gasteiger partial charge on any atom is 0.0716 e. The number of ether oxygens (including phenoxy) is 1. The molecule has 18 heavy (non-hydrogen) atoms. The summed E-state index contributed by atoms with van der Waals surface area (Å²) in [6.07, 6.45) is 7.56. The topological polar surface area (TPSA) is 35.2 Å². The summed E-state index contributed by atoms with van der Waals surface area (Å²) in [5.41, 5.74) is 8.24. The molecule has 0 heterocycles. The van der Waals surface area contributed by atoms with E-state index in [1.54, 1.807) is 0 Å². The number of hydrogen-bond acceptors (Lipinski definition) is 2. The van der Waals surface area contributed by atoms with Crippen molar-refractivity contribution in [2.24, 2.45) is 5.73 Å². The van der Waals surface area contributed by atoms with Crippen molar-refractivity contribution in [3.8, 4) is 0 Å². The second-order valence-corrected chi connectivity index (χ2v) is 5.27. The molecule has 2 N–H and O–H groups in total. The van der Waals surface area contributed by atoms with Gasteiger partial charge in [0.25, 0.3) is 0 Å². The predicted octanol–water partition coefficient (Wildman–Crippen LogP) is 3.60. The minimum atomic E-state index is 0.744. The molecule has 0 radical (unpaired) electrons. The van der Waals surface area contributed by atoms with Crippen LogP contribution in [0.3, 0.4) is 0 Å². The van der Waals surface area contributed by atoms with Crippen molar-refractivity contribution in [1.29, 1.82) is 0 Å². The highest BCUT2D eigenvalue weighted by molar-refractivity contribution is 5.26. The zero-order valence-electron chi connectivity index (χ0n) is 11.2. The molecule has 1 saturated carbocycles. The third-order valence-corrected chi connectivity index (χ3v) is 3.82. The lowest BCUT2D eigenvalue weighted by atomic mass is 9.80. The summed E-state index contributed by atoms with van der Waals surface area (Å²) in [4.78, 5) is 0. The maximum absolute atomic E-state index is 5.67. The lowest BCUT2D eigenvalue weighted by molar-refractivity contribution is 0.117. The van der Waals surface area contributed by atoms with Crippen molar-refractivity contribution in [3.63, 3.8) is 0 Å². The minimum absolute atomic E-state index is 0.744. The fraction of sp³-hybridized carbons (Fsp3) is 0.625. The molecule has 0 aliphatic heterocycles. The summed E-state index contributed by atoms with van der Waals surface area (Å²) in [6, 6.07) is 8.98. The Kier molecular flexibility index (Phi) is 5.69. The van der Waals surface area contributed by atoms with E-state index in [0.717, 1.165) is 38.5 Å². The Hall–Kier alpha value is -0.860. The van der Waals surface area contributed by atoms with E-state index in [4.69, 9.17) is 10.5 Å². The van der Waals surface area contributed by atoms with Crippen LogP contribution in [0.5, 0.6) is 0 Å². The number of hydrogen-bond donors (Lipinski definition) is 1. The first-order valence-electron chi connectivity index (χ1n) is 7.27. The van der Waals surface area contributed by atoms with Gasteiger partial charge in [-0.3, -0.25) is 0 Å². The molecule has 1 fully saturated rings. The van der Waals surface area contributed by atoms with Crippen LogP contribution < -0.4 is 5.73 Å². The maximum atomic E-state index is 5.67. The first-order valence-corrected chi connectivity index (χ1v) is 7.27. The minimum Gasteiger partial charge on any atom is -0.377 e. The monoisotopic (exact) mass is 247 g/mol. The van der Waals surface area contributed by atoms with Gasteiger partial charge in [-0.25, -0.2) is 0 Å². The number of nitrogens with two attached hydrogens (primary N) is 1. The van der Waals surface area contributed by atoms with Crippen LogP contribution in [-0.2, 0) is 11.3 Å². The molecule has 2 rings (SSSR count). The molecule has 1 aromatic rings. The molecule has 0 amide bonds. The zero-order chi connectivity index (χ0) is 12.6. The fourth-order valence-electron chi connectivity index (χ4n) is 2.34. The molecule has 1 aliphatic carbocycles. The second-order valence-electron chi connectivity index (χ2n) is 5.27. The van der Waals surface area contributed by atoms with Crippen LogP contribution in [0.15, 0.2) is 24.3 Å². The Morgan fingerprint density at radius 2 is 1.83 bits per heavy atom. The molecular formula is C16H25NO. The van der Waals surface area contributed by atoms with Crippen molar-refractivity contribution < 1.29 is 4.74 Å². The van der Waals surface area contributed by atoms with E-state index in [-0.39, 0.29) is 0 Å². The number of rotatable bonds is 8. The van der Waals surface area contributed by atoms with Gasteiger partial charge in [-0.2, -0.15) is 0 Å². The normalized spacial score (nSPS) is 15.6. The van der Waals surface area contributed by atoms with Crippen molar-refractivity contribution in [3.05, 3.63) is 35.4 Å². The Morgan fingerprint density at radius 1 is 1.06 bits per heavy atom. The summed E-state index contributed by atoms with van der Waals surface area (Å²) in [5.74, 6) is 0.830. The molecule has 2 heteroatoms. The van der Waals surface area contributed by atoms with Gasteiger partial charge in [0.2, 0.25) is 0 Å². The predicted molar refractivity (Wildman–Crippen MR) is 75.6 cm³/mol. The van der Waals surface area contributed by atoms with E-state index in [0.29, 0.717) is 0 Å². The Bertz CT molecular complexity index is 329. The van der Waals surface area contributed by atoms with Crippen LogP contribution in [0.25, 0.3) is 0 Å². The SMILES string of the molecule is NCCCCCOCc1ccc(C2CCC2)cc1. The molecule has 0 aromatic heterocycles. The van der Waals surface area contributed by atoms with E-state index >= 15 is 0 Å².